The van der Waals surface area contributed by atoms with Gasteiger partial charge in [0.25, 0.3) is 0 Å². The smallest absolute Gasteiger partial charge is 0.410 e. The molecule has 1 amide bonds. The maximum atomic E-state index is 12.5. The van der Waals surface area contributed by atoms with Crippen LogP contribution in [0.15, 0.2) is 60.9 Å². The number of nitrogens with zero attached hydrogens (tertiary/aromatic N) is 5. The molecule has 0 bridgehead atoms. The zero-order valence-corrected chi connectivity index (χ0v) is 18.8. The van der Waals surface area contributed by atoms with E-state index in [2.05, 4.69) is 33.3 Å². The molecule has 1 spiro atoms. The molecule has 0 N–H and O–H groups in total. The number of hydrogen-bond donors (Lipinski definition) is 0. The Morgan fingerprint density at radius 2 is 1.79 bits per heavy atom. The van der Waals surface area contributed by atoms with Crippen LogP contribution in [-0.4, -0.2) is 57.1 Å². The van der Waals surface area contributed by atoms with Crippen LogP contribution in [0.5, 0.6) is 0 Å². The van der Waals surface area contributed by atoms with Gasteiger partial charge in [-0.25, -0.2) is 4.79 Å². The average Bonchev–Trinajstić information content (AvgIpc) is 3.52. The van der Waals surface area contributed by atoms with Crippen molar-refractivity contribution in [1.29, 1.82) is 0 Å². The Morgan fingerprint density at radius 1 is 1.03 bits per heavy atom. The molecule has 0 radical (unpaired) electrons. The molecule has 6 rings (SSSR count). The highest BCUT2D eigenvalue weighted by Gasteiger charge is 2.48. The van der Waals surface area contributed by atoms with E-state index in [1.807, 2.05) is 35.2 Å². The number of carbonyl (C=O) groups excluding carboxylic acids is 1. The van der Waals surface area contributed by atoms with Crippen molar-refractivity contribution in [3.63, 3.8) is 0 Å². The van der Waals surface area contributed by atoms with Gasteiger partial charge in [-0.2, -0.15) is 15.0 Å². The number of fused-ring (bicyclic) bond motifs is 1. The fourth-order valence-corrected chi connectivity index (χ4v) is 5.76. The molecule has 0 unspecified atom stereocenters. The summed E-state index contributed by atoms with van der Waals surface area (Å²) in [5.74, 6) is 0. The van der Waals surface area contributed by atoms with Crippen LogP contribution in [0.4, 0.5) is 4.79 Å². The second-order valence-electron chi connectivity index (χ2n) is 9.69. The normalized spacial score (nSPS) is 21.6. The minimum absolute atomic E-state index is 0.183. The number of likely N-dealkylation sites (tertiary alicyclic amines) is 2. The summed E-state index contributed by atoms with van der Waals surface area (Å²) in [4.78, 5) is 18.7. The molecule has 2 saturated heterocycles. The first-order valence-electron chi connectivity index (χ1n) is 11.9. The lowest BCUT2D eigenvalue weighted by molar-refractivity contribution is -0.0681. The molecule has 2 aliphatic heterocycles. The Balaban J connectivity index is 1.02. The molecule has 1 atom stereocenters. The summed E-state index contributed by atoms with van der Waals surface area (Å²) in [7, 11) is 0. The Bertz CT molecular complexity index is 1110. The van der Waals surface area contributed by atoms with Crippen molar-refractivity contribution < 1.29 is 9.53 Å². The van der Waals surface area contributed by atoms with Gasteiger partial charge < -0.3 is 9.64 Å². The van der Waals surface area contributed by atoms with E-state index in [1.165, 1.54) is 17.5 Å². The molecular weight excluding hydrogens is 414 g/mol. The summed E-state index contributed by atoms with van der Waals surface area (Å²) >= 11 is 0. The second kappa shape index (κ2) is 8.30. The molecule has 1 aliphatic carbocycles. The van der Waals surface area contributed by atoms with Crippen LogP contribution in [0.25, 0.3) is 5.69 Å². The number of piperidine rings is 1. The first kappa shape index (κ1) is 20.4. The third-order valence-corrected chi connectivity index (χ3v) is 7.63. The fourth-order valence-electron chi connectivity index (χ4n) is 5.76. The second-order valence-corrected chi connectivity index (χ2v) is 9.69. The topological polar surface area (TPSA) is 63.5 Å². The van der Waals surface area contributed by atoms with Gasteiger partial charge in [0.05, 0.1) is 18.1 Å². The Kier molecular flexibility index (Phi) is 5.14. The number of ether oxygens (including phenoxy) is 1. The number of amides is 1. The van der Waals surface area contributed by atoms with Crippen LogP contribution in [-0.2, 0) is 17.8 Å². The monoisotopic (exact) mass is 443 g/mol. The van der Waals surface area contributed by atoms with Gasteiger partial charge in [-0.3, -0.25) is 4.90 Å². The SMILES string of the molecule is O=C(OCc1ccccc1)N1CCC2(CC1)CN([C@@H]1CCc3cc(-n4nccn4)ccc31)C2. The average molecular weight is 444 g/mol. The van der Waals surface area contributed by atoms with Gasteiger partial charge in [0, 0.05) is 32.2 Å². The summed E-state index contributed by atoms with van der Waals surface area (Å²) < 4.78 is 5.53. The van der Waals surface area contributed by atoms with Crippen LogP contribution in [0.3, 0.4) is 0 Å². The van der Waals surface area contributed by atoms with Crippen LogP contribution in [0.2, 0.25) is 0 Å². The van der Waals surface area contributed by atoms with E-state index >= 15 is 0 Å². The summed E-state index contributed by atoms with van der Waals surface area (Å²) in [6.07, 6.45) is 7.66. The third-order valence-electron chi connectivity index (χ3n) is 7.63. The number of benzene rings is 2. The molecule has 3 aromatic rings. The zero-order valence-electron chi connectivity index (χ0n) is 18.8. The van der Waals surface area contributed by atoms with E-state index in [0.29, 0.717) is 18.1 Å². The lowest BCUT2D eigenvalue weighted by atomic mass is 9.71. The molecule has 3 aliphatic rings. The van der Waals surface area contributed by atoms with Gasteiger partial charge in [-0.05, 0) is 59.9 Å². The molecular formula is C26H29N5O2. The largest absolute Gasteiger partial charge is 0.445 e. The molecule has 33 heavy (non-hydrogen) atoms. The van der Waals surface area contributed by atoms with Crippen molar-refractivity contribution in [2.24, 2.45) is 5.41 Å². The molecule has 3 heterocycles. The van der Waals surface area contributed by atoms with Gasteiger partial charge in [-0.15, -0.1) is 0 Å². The molecule has 0 saturated carbocycles. The van der Waals surface area contributed by atoms with E-state index < -0.39 is 0 Å². The molecule has 7 heteroatoms. The lowest BCUT2D eigenvalue weighted by Gasteiger charge is -2.56. The van der Waals surface area contributed by atoms with Crippen molar-refractivity contribution in [2.45, 2.75) is 38.3 Å². The van der Waals surface area contributed by atoms with Crippen molar-refractivity contribution in [3.8, 4) is 5.69 Å². The van der Waals surface area contributed by atoms with Crippen LogP contribution in [0.1, 0.15) is 42.0 Å². The van der Waals surface area contributed by atoms with E-state index in [9.17, 15) is 4.79 Å². The van der Waals surface area contributed by atoms with E-state index in [-0.39, 0.29) is 6.09 Å². The maximum absolute atomic E-state index is 12.5. The van der Waals surface area contributed by atoms with Crippen molar-refractivity contribution in [1.82, 2.24) is 24.8 Å². The lowest BCUT2D eigenvalue weighted by Crippen LogP contribution is -2.61. The highest BCUT2D eigenvalue weighted by molar-refractivity contribution is 5.67. The van der Waals surface area contributed by atoms with Crippen LogP contribution < -0.4 is 0 Å². The van der Waals surface area contributed by atoms with E-state index in [1.54, 1.807) is 17.2 Å². The van der Waals surface area contributed by atoms with Gasteiger partial charge in [0.15, 0.2) is 0 Å². The Morgan fingerprint density at radius 3 is 2.55 bits per heavy atom. The fraction of sp³-hybridized carbons (Fsp3) is 0.423. The number of carbonyl (C=O) groups is 1. The Hall–Kier alpha value is -3.19. The van der Waals surface area contributed by atoms with Crippen molar-refractivity contribution in [3.05, 3.63) is 77.6 Å². The minimum atomic E-state index is -0.183. The quantitative estimate of drug-likeness (QED) is 0.610. The van der Waals surface area contributed by atoms with Crippen molar-refractivity contribution >= 4 is 6.09 Å². The third kappa shape index (κ3) is 3.91. The number of aryl methyl sites for hydroxylation is 1. The first-order chi connectivity index (χ1) is 16.2. The standard InChI is InChI=1S/C26H29N5O2/c32-25(33-17-20-4-2-1-3-5-20)29-14-10-26(11-15-29)18-30(19-26)24-9-6-21-16-22(7-8-23(21)24)31-27-12-13-28-31/h1-5,7-8,12-13,16,24H,6,9-11,14-15,17-19H2/t24-/m1/s1. The molecule has 1 aromatic heterocycles. The highest BCUT2D eigenvalue weighted by atomic mass is 16.6. The summed E-state index contributed by atoms with van der Waals surface area (Å²) in [5.41, 5.74) is 5.30. The summed E-state index contributed by atoms with van der Waals surface area (Å²) in [6.45, 7) is 4.19. The first-order valence-corrected chi connectivity index (χ1v) is 11.9. The molecule has 170 valence electrons. The van der Waals surface area contributed by atoms with Crippen LogP contribution >= 0.6 is 0 Å². The predicted octanol–water partition coefficient (Wildman–Crippen LogP) is 3.99. The van der Waals surface area contributed by atoms with Gasteiger partial charge in [-0.1, -0.05) is 36.4 Å². The van der Waals surface area contributed by atoms with Crippen molar-refractivity contribution in [2.75, 3.05) is 26.2 Å². The number of aromatic nitrogens is 3. The number of rotatable bonds is 4. The van der Waals surface area contributed by atoms with Crippen LogP contribution in [0, 0.1) is 5.41 Å². The van der Waals surface area contributed by atoms with E-state index in [4.69, 9.17) is 4.74 Å². The van der Waals surface area contributed by atoms with Gasteiger partial charge in [0.1, 0.15) is 6.61 Å². The van der Waals surface area contributed by atoms with Gasteiger partial charge in [0.2, 0.25) is 0 Å². The Labute approximate surface area is 193 Å². The maximum Gasteiger partial charge on any atom is 0.410 e. The summed E-state index contributed by atoms with van der Waals surface area (Å²) in [6, 6.07) is 17.0. The molecule has 2 aromatic carbocycles. The zero-order chi connectivity index (χ0) is 22.3. The molecule has 2 fully saturated rings. The van der Waals surface area contributed by atoms with E-state index in [0.717, 1.165) is 56.7 Å². The summed E-state index contributed by atoms with van der Waals surface area (Å²) in [5, 5.41) is 8.51. The minimum Gasteiger partial charge on any atom is -0.445 e. The molecule has 7 nitrogen and oxygen atoms in total. The number of hydrogen-bond acceptors (Lipinski definition) is 5. The van der Waals surface area contributed by atoms with Gasteiger partial charge >= 0.3 is 6.09 Å². The predicted molar refractivity (Wildman–Crippen MR) is 124 cm³/mol. The highest BCUT2D eigenvalue weighted by Crippen LogP contribution is 2.47.